The molecule has 0 aliphatic carbocycles. The van der Waals surface area contributed by atoms with Crippen LogP contribution in [0, 0.1) is 0 Å². The maximum Gasteiger partial charge on any atom is 0.524 e. The first-order valence-corrected chi connectivity index (χ1v) is 4.81. The number of hydrogen-bond acceptors (Lipinski definition) is 4. The first kappa shape index (κ1) is 9.85. The van der Waals surface area contributed by atoms with E-state index in [1.807, 2.05) is 0 Å². The fourth-order valence-corrected chi connectivity index (χ4v) is 1.20. The summed E-state index contributed by atoms with van der Waals surface area (Å²) in [5.41, 5.74) is 11.2. The van der Waals surface area contributed by atoms with Crippen molar-refractivity contribution in [2.75, 3.05) is 11.5 Å². The van der Waals surface area contributed by atoms with E-state index in [0.29, 0.717) is 5.69 Å². The van der Waals surface area contributed by atoms with Gasteiger partial charge in [-0.2, -0.15) is 0 Å². The Bertz CT molecular complexity index is 362. The molecule has 1 aromatic rings. The maximum absolute atomic E-state index is 10.4. The average Bonchev–Trinajstić information content (AvgIpc) is 1.93. The van der Waals surface area contributed by atoms with E-state index in [1.54, 1.807) is 0 Å². The van der Waals surface area contributed by atoms with Gasteiger partial charge < -0.3 is 16.0 Å². The van der Waals surface area contributed by atoms with Crippen LogP contribution in [0.4, 0.5) is 11.4 Å². The minimum absolute atomic E-state index is 0.0810. The largest absolute Gasteiger partial charge is 0.524 e. The molecule has 0 aliphatic heterocycles. The van der Waals surface area contributed by atoms with Gasteiger partial charge in [0.1, 0.15) is 0 Å². The predicted molar refractivity (Wildman–Crippen MR) is 47.9 cm³/mol. The minimum Gasteiger partial charge on any atom is -0.402 e. The van der Waals surface area contributed by atoms with Crippen molar-refractivity contribution in [1.82, 2.24) is 0 Å². The Hall–Kier alpha value is -1.23. The van der Waals surface area contributed by atoms with Gasteiger partial charge in [0, 0.05) is 5.69 Å². The molecule has 0 saturated heterocycles. The van der Waals surface area contributed by atoms with Gasteiger partial charge in [-0.25, -0.2) is 4.57 Å². The Kier molecular flexibility index (Phi) is 2.47. The summed E-state index contributed by atoms with van der Waals surface area (Å²) in [5.74, 6) is -0.0810. The van der Waals surface area contributed by atoms with Crippen LogP contribution in [-0.4, -0.2) is 9.79 Å². The molecule has 0 atom stereocenters. The molecule has 1 rings (SSSR count). The number of rotatable bonds is 2. The Morgan fingerprint density at radius 3 is 2.38 bits per heavy atom. The lowest BCUT2D eigenvalue weighted by atomic mass is 10.3. The highest BCUT2D eigenvalue weighted by atomic mass is 31.2. The van der Waals surface area contributed by atoms with Gasteiger partial charge in [0.05, 0.1) is 5.69 Å². The molecule has 1 aromatic carbocycles. The van der Waals surface area contributed by atoms with Gasteiger partial charge in [-0.3, -0.25) is 9.79 Å². The van der Waals surface area contributed by atoms with Crippen LogP contribution in [0.3, 0.4) is 0 Å². The molecule has 0 aromatic heterocycles. The minimum atomic E-state index is -4.55. The molecule has 0 bridgehead atoms. The van der Waals surface area contributed by atoms with Crippen molar-refractivity contribution in [3.63, 3.8) is 0 Å². The molecule has 0 aliphatic rings. The van der Waals surface area contributed by atoms with Crippen molar-refractivity contribution in [1.29, 1.82) is 0 Å². The van der Waals surface area contributed by atoms with Crippen molar-refractivity contribution in [2.45, 2.75) is 0 Å². The predicted octanol–water partition coefficient (Wildman–Crippen LogP) is 0.323. The van der Waals surface area contributed by atoms with Crippen LogP contribution in [0.25, 0.3) is 0 Å². The van der Waals surface area contributed by atoms with Crippen molar-refractivity contribution in [3.8, 4) is 5.75 Å². The molecular weight excluding hydrogens is 195 g/mol. The molecule has 0 saturated carbocycles. The Labute approximate surface area is 74.4 Å². The number of phosphoric ester groups is 1. The van der Waals surface area contributed by atoms with E-state index < -0.39 is 7.82 Å². The summed E-state index contributed by atoms with van der Waals surface area (Å²) in [4.78, 5) is 16.9. The van der Waals surface area contributed by atoms with Gasteiger partial charge >= 0.3 is 7.82 Å². The van der Waals surface area contributed by atoms with Gasteiger partial charge in [-0.1, -0.05) is 0 Å². The van der Waals surface area contributed by atoms with Crippen LogP contribution in [-0.2, 0) is 4.57 Å². The van der Waals surface area contributed by atoms with E-state index in [1.165, 1.54) is 18.2 Å². The second-order valence-corrected chi connectivity index (χ2v) is 3.54. The molecule has 6 N–H and O–H groups in total. The van der Waals surface area contributed by atoms with E-state index >= 15 is 0 Å². The van der Waals surface area contributed by atoms with Crippen LogP contribution in [0.5, 0.6) is 5.75 Å². The molecule has 0 radical (unpaired) electrons. The summed E-state index contributed by atoms with van der Waals surface area (Å²) >= 11 is 0. The van der Waals surface area contributed by atoms with Gasteiger partial charge in [-0.15, -0.1) is 0 Å². The van der Waals surface area contributed by atoms with E-state index in [-0.39, 0.29) is 11.4 Å². The second kappa shape index (κ2) is 3.26. The Morgan fingerprint density at radius 2 is 1.92 bits per heavy atom. The van der Waals surface area contributed by atoms with Crippen molar-refractivity contribution in [3.05, 3.63) is 18.2 Å². The van der Waals surface area contributed by atoms with Crippen molar-refractivity contribution < 1.29 is 18.9 Å². The molecule has 0 heterocycles. The van der Waals surface area contributed by atoms with Crippen LogP contribution >= 0.6 is 7.82 Å². The summed E-state index contributed by atoms with van der Waals surface area (Å²) in [5, 5.41) is 0. The summed E-state index contributed by atoms with van der Waals surface area (Å²) in [6.07, 6.45) is 0. The summed E-state index contributed by atoms with van der Waals surface area (Å²) in [7, 11) is -4.55. The van der Waals surface area contributed by atoms with E-state index in [2.05, 4.69) is 4.52 Å². The highest BCUT2D eigenvalue weighted by Gasteiger charge is 2.17. The summed E-state index contributed by atoms with van der Waals surface area (Å²) in [6, 6.07) is 4.08. The van der Waals surface area contributed by atoms with Gasteiger partial charge in [0.25, 0.3) is 0 Å². The van der Waals surface area contributed by atoms with Gasteiger partial charge in [0.15, 0.2) is 5.75 Å². The van der Waals surface area contributed by atoms with Crippen LogP contribution in [0.1, 0.15) is 0 Å². The summed E-state index contributed by atoms with van der Waals surface area (Å²) < 4.78 is 14.7. The number of hydrogen-bond donors (Lipinski definition) is 4. The average molecular weight is 204 g/mol. The van der Waals surface area contributed by atoms with Crippen molar-refractivity contribution in [2.24, 2.45) is 0 Å². The molecule has 6 nitrogen and oxygen atoms in total. The topological polar surface area (TPSA) is 119 Å². The maximum atomic E-state index is 10.4. The van der Waals surface area contributed by atoms with E-state index in [0.717, 1.165) is 0 Å². The highest BCUT2D eigenvalue weighted by molar-refractivity contribution is 7.46. The Balaban J connectivity index is 2.97. The zero-order valence-corrected chi connectivity index (χ0v) is 7.44. The molecule has 13 heavy (non-hydrogen) atoms. The molecule has 7 heteroatoms. The highest BCUT2D eigenvalue weighted by Crippen LogP contribution is 2.40. The third-order valence-electron chi connectivity index (χ3n) is 1.25. The Morgan fingerprint density at radius 1 is 1.31 bits per heavy atom. The molecule has 0 unspecified atom stereocenters. The van der Waals surface area contributed by atoms with E-state index in [4.69, 9.17) is 21.3 Å². The van der Waals surface area contributed by atoms with Crippen LogP contribution in [0.2, 0.25) is 0 Å². The fraction of sp³-hybridized carbons (Fsp3) is 0. The molecule has 0 amide bonds. The monoisotopic (exact) mass is 204 g/mol. The summed E-state index contributed by atoms with van der Waals surface area (Å²) in [6.45, 7) is 0. The smallest absolute Gasteiger partial charge is 0.402 e. The first-order valence-electron chi connectivity index (χ1n) is 3.28. The lowest BCUT2D eigenvalue weighted by Gasteiger charge is -2.09. The lowest BCUT2D eigenvalue weighted by molar-refractivity contribution is 0.283. The number of phosphoric acid groups is 1. The van der Waals surface area contributed by atoms with Crippen LogP contribution in [0.15, 0.2) is 18.2 Å². The quantitative estimate of drug-likeness (QED) is 0.407. The number of anilines is 2. The fourth-order valence-electron chi connectivity index (χ4n) is 0.778. The standard InChI is InChI=1S/C6H9N2O4P/c7-4-1-2-6(5(8)3-4)12-13(9,10)11/h1-3H,7-8H2,(H2,9,10,11). The third kappa shape index (κ3) is 2.95. The van der Waals surface area contributed by atoms with Gasteiger partial charge in [0.2, 0.25) is 0 Å². The van der Waals surface area contributed by atoms with Crippen LogP contribution < -0.4 is 16.0 Å². The molecule has 72 valence electrons. The third-order valence-corrected chi connectivity index (χ3v) is 1.69. The lowest BCUT2D eigenvalue weighted by Crippen LogP contribution is -1.96. The van der Waals surface area contributed by atoms with Crippen molar-refractivity contribution >= 4 is 19.2 Å². The van der Waals surface area contributed by atoms with Gasteiger partial charge in [-0.05, 0) is 18.2 Å². The number of nitrogens with two attached hydrogens (primary N) is 2. The second-order valence-electron chi connectivity index (χ2n) is 2.38. The molecule has 0 fully saturated rings. The van der Waals surface area contributed by atoms with E-state index in [9.17, 15) is 4.57 Å². The zero-order valence-electron chi connectivity index (χ0n) is 6.54. The molecule has 0 spiro atoms. The normalized spacial score (nSPS) is 11.2. The number of benzene rings is 1. The first-order chi connectivity index (χ1) is 5.88. The molecular formula is C6H9N2O4P. The number of nitrogen functional groups attached to an aromatic ring is 2. The zero-order chi connectivity index (χ0) is 10.1. The SMILES string of the molecule is Nc1ccc(OP(=O)(O)O)c(N)c1.